The summed E-state index contributed by atoms with van der Waals surface area (Å²) in [4.78, 5) is 20.1. The number of carbonyl (C=O) groups is 1. The number of carboxylic acids is 1. The van der Waals surface area contributed by atoms with E-state index in [0.717, 1.165) is 0 Å². The summed E-state index contributed by atoms with van der Waals surface area (Å²) in [6, 6.07) is 0. The van der Waals surface area contributed by atoms with Crippen molar-refractivity contribution in [1.82, 2.24) is 9.97 Å². The Hall–Kier alpha value is -1.91. The van der Waals surface area contributed by atoms with Gasteiger partial charge in [-0.3, -0.25) is 0 Å². The fourth-order valence-corrected chi connectivity index (χ4v) is 0.904. The van der Waals surface area contributed by atoms with Crippen LogP contribution in [-0.4, -0.2) is 34.6 Å². The van der Waals surface area contributed by atoms with Gasteiger partial charge in [-0.05, 0) is 0 Å². The quantitative estimate of drug-likeness (QED) is 0.716. The first kappa shape index (κ1) is 10.2. The minimum absolute atomic E-state index is 0.0840. The topological polar surface area (TPSA) is 66.3 Å². The normalized spacial score (nSPS) is 9.50. The maximum absolute atomic E-state index is 10.5. The van der Waals surface area contributed by atoms with Crippen molar-refractivity contribution in [2.24, 2.45) is 0 Å². The zero-order valence-electron chi connectivity index (χ0n) is 7.84. The Labute approximate surface area is 81.7 Å². The second-order valence-electron chi connectivity index (χ2n) is 2.75. The van der Waals surface area contributed by atoms with Crippen LogP contribution in [0.15, 0.2) is 25.0 Å². The fraction of sp³-hybridized carbons (Fsp3) is 0.222. The molecule has 5 heteroatoms. The summed E-state index contributed by atoms with van der Waals surface area (Å²) in [5.41, 5.74) is 0.0840. The van der Waals surface area contributed by atoms with Gasteiger partial charge in [0.05, 0.1) is 5.56 Å². The zero-order chi connectivity index (χ0) is 10.6. The lowest BCUT2D eigenvalue weighted by Gasteiger charge is -2.13. The third-order valence-corrected chi connectivity index (χ3v) is 1.63. The molecule has 1 rings (SSSR count). The van der Waals surface area contributed by atoms with Crippen molar-refractivity contribution in [2.45, 2.75) is 0 Å². The monoisotopic (exact) mass is 193 g/mol. The van der Waals surface area contributed by atoms with Gasteiger partial charge in [0.15, 0.2) is 0 Å². The molecule has 0 saturated heterocycles. The number of nitrogens with zero attached hydrogens (tertiary/aromatic N) is 3. The second kappa shape index (κ2) is 4.36. The first-order valence-electron chi connectivity index (χ1n) is 4.02. The third-order valence-electron chi connectivity index (χ3n) is 1.63. The number of carboxylic acid groups (broad SMARTS) is 1. The van der Waals surface area contributed by atoms with Crippen LogP contribution in [0.25, 0.3) is 0 Å². The number of aromatic nitrogens is 2. The average molecular weight is 193 g/mol. The Morgan fingerprint density at radius 1 is 1.64 bits per heavy atom. The highest BCUT2D eigenvalue weighted by Crippen LogP contribution is 2.04. The molecule has 0 atom stereocenters. The number of hydrogen-bond acceptors (Lipinski definition) is 4. The lowest BCUT2D eigenvalue weighted by atomic mass is 10.3. The van der Waals surface area contributed by atoms with Crippen LogP contribution >= 0.6 is 0 Å². The van der Waals surface area contributed by atoms with E-state index in [2.05, 4.69) is 16.5 Å². The first-order chi connectivity index (χ1) is 6.65. The van der Waals surface area contributed by atoms with Gasteiger partial charge in [-0.25, -0.2) is 14.8 Å². The van der Waals surface area contributed by atoms with E-state index in [9.17, 15) is 4.79 Å². The number of anilines is 1. The Morgan fingerprint density at radius 3 is 2.64 bits per heavy atom. The smallest absolute Gasteiger partial charge is 0.338 e. The van der Waals surface area contributed by atoms with Gasteiger partial charge >= 0.3 is 5.97 Å². The van der Waals surface area contributed by atoms with Gasteiger partial charge in [0.2, 0.25) is 5.95 Å². The minimum Gasteiger partial charge on any atom is -0.478 e. The van der Waals surface area contributed by atoms with Gasteiger partial charge < -0.3 is 10.0 Å². The van der Waals surface area contributed by atoms with Crippen LogP contribution in [0.5, 0.6) is 0 Å². The molecule has 0 aromatic carbocycles. The van der Waals surface area contributed by atoms with Crippen LogP contribution < -0.4 is 4.90 Å². The third kappa shape index (κ3) is 2.29. The van der Waals surface area contributed by atoms with E-state index < -0.39 is 5.97 Å². The molecule has 0 radical (unpaired) electrons. The van der Waals surface area contributed by atoms with Crippen LogP contribution in [0, 0.1) is 0 Å². The summed E-state index contributed by atoms with van der Waals surface area (Å²) in [6.45, 7) is 4.20. The molecule has 0 amide bonds. The summed E-state index contributed by atoms with van der Waals surface area (Å²) in [5, 5.41) is 8.61. The molecule has 0 aliphatic carbocycles. The summed E-state index contributed by atoms with van der Waals surface area (Å²) < 4.78 is 0. The van der Waals surface area contributed by atoms with Gasteiger partial charge in [-0.2, -0.15) is 0 Å². The van der Waals surface area contributed by atoms with Crippen LogP contribution in [0.1, 0.15) is 10.4 Å². The van der Waals surface area contributed by atoms with E-state index in [1.807, 2.05) is 0 Å². The lowest BCUT2D eigenvalue weighted by molar-refractivity contribution is 0.0696. The predicted molar refractivity (Wildman–Crippen MR) is 52.5 cm³/mol. The maximum Gasteiger partial charge on any atom is 0.338 e. The lowest BCUT2D eigenvalue weighted by Crippen LogP contribution is -2.19. The summed E-state index contributed by atoms with van der Waals surface area (Å²) in [6.07, 6.45) is 4.28. The van der Waals surface area contributed by atoms with E-state index in [-0.39, 0.29) is 5.56 Å². The molecule has 0 aliphatic heterocycles. The van der Waals surface area contributed by atoms with Gasteiger partial charge in [0.1, 0.15) is 0 Å². The van der Waals surface area contributed by atoms with E-state index in [0.29, 0.717) is 12.5 Å². The first-order valence-corrected chi connectivity index (χ1v) is 4.02. The molecule has 5 nitrogen and oxygen atoms in total. The maximum atomic E-state index is 10.5. The highest BCUT2D eigenvalue weighted by Gasteiger charge is 2.05. The van der Waals surface area contributed by atoms with Crippen LogP contribution in [-0.2, 0) is 0 Å². The van der Waals surface area contributed by atoms with Crippen molar-refractivity contribution in [3.63, 3.8) is 0 Å². The summed E-state index contributed by atoms with van der Waals surface area (Å²) >= 11 is 0. The summed E-state index contributed by atoms with van der Waals surface area (Å²) in [5.74, 6) is -0.544. The Morgan fingerprint density at radius 2 is 2.21 bits per heavy atom. The fourth-order valence-electron chi connectivity index (χ4n) is 0.904. The molecular weight excluding hydrogens is 182 g/mol. The highest BCUT2D eigenvalue weighted by atomic mass is 16.4. The van der Waals surface area contributed by atoms with Crippen molar-refractivity contribution >= 4 is 11.9 Å². The minimum atomic E-state index is -1.03. The SMILES string of the molecule is C=CCN(C)c1ncc(C(=O)O)cn1. The molecule has 0 aliphatic rings. The van der Waals surface area contributed by atoms with Crippen LogP contribution in [0.2, 0.25) is 0 Å². The Balaban J connectivity index is 2.82. The molecule has 0 saturated carbocycles. The molecule has 1 aromatic rings. The van der Waals surface area contributed by atoms with Crippen LogP contribution in [0.4, 0.5) is 5.95 Å². The highest BCUT2D eigenvalue weighted by molar-refractivity contribution is 5.86. The molecule has 0 spiro atoms. The van der Waals surface area contributed by atoms with Crippen molar-refractivity contribution in [3.05, 3.63) is 30.6 Å². The van der Waals surface area contributed by atoms with E-state index in [1.54, 1.807) is 18.0 Å². The Bertz CT molecular complexity index is 334. The molecule has 0 bridgehead atoms. The predicted octanol–water partition coefficient (Wildman–Crippen LogP) is 0.797. The molecule has 74 valence electrons. The van der Waals surface area contributed by atoms with Crippen molar-refractivity contribution in [1.29, 1.82) is 0 Å². The zero-order valence-corrected chi connectivity index (χ0v) is 7.84. The molecule has 1 aromatic heterocycles. The molecule has 14 heavy (non-hydrogen) atoms. The van der Waals surface area contributed by atoms with Crippen molar-refractivity contribution < 1.29 is 9.90 Å². The van der Waals surface area contributed by atoms with Crippen molar-refractivity contribution in [3.8, 4) is 0 Å². The van der Waals surface area contributed by atoms with E-state index in [1.165, 1.54) is 12.4 Å². The van der Waals surface area contributed by atoms with Gasteiger partial charge in [0, 0.05) is 26.0 Å². The largest absolute Gasteiger partial charge is 0.478 e. The molecule has 1 heterocycles. The number of hydrogen-bond donors (Lipinski definition) is 1. The summed E-state index contributed by atoms with van der Waals surface area (Å²) in [7, 11) is 1.80. The van der Waals surface area contributed by atoms with Crippen LogP contribution in [0.3, 0.4) is 0 Å². The van der Waals surface area contributed by atoms with Gasteiger partial charge in [-0.1, -0.05) is 6.08 Å². The molecular formula is C9H11N3O2. The molecule has 0 unspecified atom stereocenters. The van der Waals surface area contributed by atoms with Gasteiger partial charge in [-0.15, -0.1) is 6.58 Å². The average Bonchev–Trinajstić information content (AvgIpc) is 2.18. The van der Waals surface area contributed by atoms with Crippen molar-refractivity contribution in [2.75, 3.05) is 18.5 Å². The number of rotatable bonds is 4. The number of likely N-dealkylation sites (N-methyl/N-ethyl adjacent to an activating group) is 1. The van der Waals surface area contributed by atoms with E-state index in [4.69, 9.17) is 5.11 Å². The Kier molecular flexibility index (Phi) is 3.17. The molecule has 1 N–H and O–H groups in total. The number of aromatic carboxylic acids is 1. The van der Waals surface area contributed by atoms with E-state index >= 15 is 0 Å². The molecule has 0 fully saturated rings. The standard InChI is InChI=1S/C9H11N3O2/c1-3-4-12(2)9-10-5-7(6-11-9)8(13)14/h3,5-6H,1,4H2,2H3,(H,13,14). The van der Waals surface area contributed by atoms with Gasteiger partial charge in [0.25, 0.3) is 0 Å². The second-order valence-corrected chi connectivity index (χ2v) is 2.75.